The minimum atomic E-state index is -0.568. The SMILES string of the molecule is CCC(=O)Nc1ccc(C(C)NC(=O)C(NC(=O)CC(C)C)C(C)C)cc1. The summed E-state index contributed by atoms with van der Waals surface area (Å²) in [5.41, 5.74) is 1.65. The number of nitrogens with one attached hydrogen (secondary N) is 3. The van der Waals surface area contributed by atoms with Crippen LogP contribution in [0.25, 0.3) is 0 Å². The fourth-order valence-electron chi connectivity index (χ4n) is 2.63. The van der Waals surface area contributed by atoms with E-state index in [4.69, 9.17) is 0 Å². The van der Waals surface area contributed by atoms with Gasteiger partial charge in [0.25, 0.3) is 0 Å². The maximum absolute atomic E-state index is 12.7. The topological polar surface area (TPSA) is 87.3 Å². The van der Waals surface area contributed by atoms with Crippen molar-refractivity contribution < 1.29 is 14.4 Å². The van der Waals surface area contributed by atoms with Gasteiger partial charge in [0.2, 0.25) is 17.7 Å². The summed E-state index contributed by atoms with van der Waals surface area (Å²) in [7, 11) is 0. The molecule has 0 aliphatic rings. The van der Waals surface area contributed by atoms with Gasteiger partial charge in [-0.3, -0.25) is 14.4 Å². The van der Waals surface area contributed by atoms with E-state index in [1.807, 2.05) is 58.9 Å². The first-order valence-corrected chi connectivity index (χ1v) is 9.63. The van der Waals surface area contributed by atoms with Gasteiger partial charge in [-0.2, -0.15) is 0 Å². The molecule has 0 fully saturated rings. The number of benzene rings is 1. The van der Waals surface area contributed by atoms with Crippen molar-refractivity contribution in [2.75, 3.05) is 5.32 Å². The molecule has 1 rings (SSSR count). The van der Waals surface area contributed by atoms with Gasteiger partial charge in [-0.05, 0) is 36.5 Å². The van der Waals surface area contributed by atoms with Crippen LogP contribution < -0.4 is 16.0 Å². The van der Waals surface area contributed by atoms with Gasteiger partial charge < -0.3 is 16.0 Å². The van der Waals surface area contributed by atoms with Crippen LogP contribution in [0.5, 0.6) is 0 Å². The molecule has 150 valence electrons. The fraction of sp³-hybridized carbons (Fsp3) is 0.571. The van der Waals surface area contributed by atoms with Crippen LogP contribution in [0.4, 0.5) is 5.69 Å². The predicted octanol–water partition coefficient (Wildman–Crippen LogP) is 3.40. The Morgan fingerprint density at radius 3 is 1.96 bits per heavy atom. The Hall–Kier alpha value is -2.37. The predicted molar refractivity (Wildman–Crippen MR) is 108 cm³/mol. The lowest BCUT2D eigenvalue weighted by atomic mass is 10.0. The fourth-order valence-corrected chi connectivity index (χ4v) is 2.63. The number of hydrogen-bond donors (Lipinski definition) is 3. The van der Waals surface area contributed by atoms with E-state index >= 15 is 0 Å². The van der Waals surface area contributed by atoms with Gasteiger partial charge in [0.15, 0.2) is 0 Å². The van der Waals surface area contributed by atoms with E-state index in [0.717, 1.165) is 11.3 Å². The van der Waals surface area contributed by atoms with Gasteiger partial charge in [0, 0.05) is 18.5 Å². The molecule has 6 nitrogen and oxygen atoms in total. The van der Waals surface area contributed by atoms with Crippen LogP contribution in [-0.2, 0) is 14.4 Å². The standard InChI is InChI=1S/C21H33N3O3/c1-7-18(25)23-17-10-8-16(9-11-17)15(6)22-21(27)20(14(4)5)24-19(26)12-13(2)3/h8-11,13-15,20H,7,12H2,1-6H3,(H,22,27)(H,23,25)(H,24,26). The Morgan fingerprint density at radius 2 is 1.48 bits per heavy atom. The molecule has 1 aromatic carbocycles. The van der Waals surface area contributed by atoms with E-state index in [1.165, 1.54) is 0 Å². The van der Waals surface area contributed by atoms with E-state index < -0.39 is 6.04 Å². The van der Waals surface area contributed by atoms with Crippen LogP contribution >= 0.6 is 0 Å². The molecule has 0 radical (unpaired) electrons. The van der Waals surface area contributed by atoms with Crippen LogP contribution in [-0.4, -0.2) is 23.8 Å². The lowest BCUT2D eigenvalue weighted by Gasteiger charge is -2.24. The maximum atomic E-state index is 12.7. The summed E-state index contributed by atoms with van der Waals surface area (Å²) in [6.45, 7) is 11.5. The van der Waals surface area contributed by atoms with Crippen molar-refractivity contribution in [3.63, 3.8) is 0 Å². The van der Waals surface area contributed by atoms with Crippen molar-refractivity contribution in [2.45, 2.75) is 66.5 Å². The molecule has 2 atom stereocenters. The van der Waals surface area contributed by atoms with Gasteiger partial charge in [0.05, 0.1) is 6.04 Å². The first-order chi connectivity index (χ1) is 12.6. The van der Waals surface area contributed by atoms with Crippen LogP contribution in [0.2, 0.25) is 0 Å². The van der Waals surface area contributed by atoms with Crippen LogP contribution in [0, 0.1) is 11.8 Å². The molecular weight excluding hydrogens is 342 g/mol. The molecule has 6 heteroatoms. The summed E-state index contributed by atoms with van der Waals surface area (Å²) in [6.07, 6.45) is 0.824. The highest BCUT2D eigenvalue weighted by Gasteiger charge is 2.25. The maximum Gasteiger partial charge on any atom is 0.243 e. The Labute approximate surface area is 162 Å². The summed E-state index contributed by atoms with van der Waals surface area (Å²) in [5, 5.41) is 8.60. The number of carbonyl (C=O) groups is 3. The second-order valence-corrected chi connectivity index (χ2v) is 7.64. The molecule has 0 heterocycles. The lowest BCUT2D eigenvalue weighted by molar-refractivity contribution is -0.130. The molecule has 0 aliphatic heterocycles. The Kier molecular flexibility index (Phi) is 8.98. The summed E-state index contributed by atoms with van der Waals surface area (Å²) in [4.78, 5) is 36.1. The third kappa shape index (κ3) is 7.81. The molecule has 3 amide bonds. The highest BCUT2D eigenvalue weighted by Crippen LogP contribution is 2.17. The molecule has 0 bridgehead atoms. The van der Waals surface area contributed by atoms with E-state index in [1.54, 1.807) is 6.92 Å². The highest BCUT2D eigenvalue weighted by atomic mass is 16.2. The largest absolute Gasteiger partial charge is 0.348 e. The summed E-state index contributed by atoms with van der Waals surface area (Å²) in [6, 6.07) is 6.60. The molecule has 0 saturated carbocycles. The molecule has 27 heavy (non-hydrogen) atoms. The summed E-state index contributed by atoms with van der Waals surface area (Å²) >= 11 is 0. The van der Waals surface area contributed by atoms with Gasteiger partial charge in [-0.1, -0.05) is 46.8 Å². The molecule has 0 spiro atoms. The molecule has 0 aliphatic carbocycles. The smallest absolute Gasteiger partial charge is 0.243 e. The number of anilines is 1. The molecule has 0 saturated heterocycles. The van der Waals surface area contributed by atoms with Gasteiger partial charge in [-0.15, -0.1) is 0 Å². The monoisotopic (exact) mass is 375 g/mol. The van der Waals surface area contributed by atoms with E-state index in [0.29, 0.717) is 12.8 Å². The molecule has 1 aromatic rings. The first kappa shape index (κ1) is 22.7. The Balaban J connectivity index is 2.72. The van der Waals surface area contributed by atoms with Gasteiger partial charge in [0.1, 0.15) is 6.04 Å². The average molecular weight is 376 g/mol. The number of rotatable bonds is 9. The third-order valence-electron chi connectivity index (χ3n) is 4.23. The van der Waals surface area contributed by atoms with Gasteiger partial charge >= 0.3 is 0 Å². The van der Waals surface area contributed by atoms with Crippen molar-refractivity contribution in [3.05, 3.63) is 29.8 Å². The Morgan fingerprint density at radius 1 is 0.889 bits per heavy atom. The van der Waals surface area contributed by atoms with Crippen molar-refractivity contribution in [1.82, 2.24) is 10.6 Å². The zero-order valence-corrected chi connectivity index (χ0v) is 17.3. The molecule has 3 N–H and O–H groups in total. The average Bonchev–Trinajstić information content (AvgIpc) is 2.59. The normalized spacial score (nSPS) is 13.2. The van der Waals surface area contributed by atoms with Crippen molar-refractivity contribution in [1.29, 1.82) is 0 Å². The van der Waals surface area contributed by atoms with E-state index in [2.05, 4.69) is 16.0 Å². The van der Waals surface area contributed by atoms with Gasteiger partial charge in [-0.25, -0.2) is 0 Å². The van der Waals surface area contributed by atoms with E-state index in [-0.39, 0.29) is 35.6 Å². The quantitative estimate of drug-likeness (QED) is 0.618. The van der Waals surface area contributed by atoms with Crippen molar-refractivity contribution >= 4 is 23.4 Å². The van der Waals surface area contributed by atoms with Crippen LogP contribution in [0.3, 0.4) is 0 Å². The summed E-state index contributed by atoms with van der Waals surface area (Å²) < 4.78 is 0. The summed E-state index contributed by atoms with van der Waals surface area (Å²) in [5.74, 6) is -0.118. The first-order valence-electron chi connectivity index (χ1n) is 9.63. The number of carbonyl (C=O) groups excluding carboxylic acids is 3. The second kappa shape index (κ2) is 10.7. The minimum Gasteiger partial charge on any atom is -0.348 e. The van der Waals surface area contributed by atoms with E-state index in [9.17, 15) is 14.4 Å². The van der Waals surface area contributed by atoms with Crippen molar-refractivity contribution in [2.24, 2.45) is 11.8 Å². The third-order valence-corrected chi connectivity index (χ3v) is 4.23. The molecule has 0 aromatic heterocycles. The number of amides is 3. The minimum absolute atomic E-state index is 0.0139. The number of hydrogen-bond acceptors (Lipinski definition) is 3. The lowest BCUT2D eigenvalue weighted by Crippen LogP contribution is -2.50. The zero-order chi connectivity index (χ0) is 20.6. The van der Waals surface area contributed by atoms with Crippen LogP contribution in [0.1, 0.15) is 66.0 Å². The zero-order valence-electron chi connectivity index (χ0n) is 17.3. The second-order valence-electron chi connectivity index (χ2n) is 7.64. The van der Waals surface area contributed by atoms with Crippen molar-refractivity contribution in [3.8, 4) is 0 Å². The molecular formula is C21H33N3O3. The van der Waals surface area contributed by atoms with Crippen LogP contribution in [0.15, 0.2) is 24.3 Å². The highest BCUT2D eigenvalue weighted by molar-refractivity contribution is 5.90. The Bertz CT molecular complexity index is 639. The molecule has 2 unspecified atom stereocenters.